The van der Waals surface area contributed by atoms with Gasteiger partial charge in [0.1, 0.15) is 17.3 Å². The van der Waals surface area contributed by atoms with Crippen LogP contribution in [0.2, 0.25) is 0 Å². The fraction of sp³-hybridized carbons (Fsp3) is 1.00. The minimum atomic E-state index is 0.397. The molecule has 54 valence electrons. The van der Waals surface area contributed by atoms with E-state index >= 15 is 0 Å². The Morgan fingerprint density at radius 2 is 2.00 bits per heavy atom. The van der Waals surface area contributed by atoms with E-state index in [1.165, 1.54) is 23.0 Å². The molecule has 1 N–H and O–H groups in total. The third-order valence-electron chi connectivity index (χ3n) is 1.41. The molecule has 0 spiro atoms. The number of aliphatic hydroxyl groups excluding tert-OH is 1. The van der Waals surface area contributed by atoms with Crippen LogP contribution in [0.3, 0.4) is 0 Å². The zero-order valence-electron chi connectivity index (χ0n) is 5.51. The second kappa shape index (κ2) is 4.47. The molecule has 1 heterocycles. The topological polar surface area (TPSA) is 20.2 Å². The van der Waals surface area contributed by atoms with Crippen LogP contribution >= 0.6 is 11.8 Å². The summed E-state index contributed by atoms with van der Waals surface area (Å²) in [5.41, 5.74) is 0. The number of hydrogen-bond donors (Lipinski definition) is 1. The van der Waals surface area contributed by atoms with Crippen molar-refractivity contribution in [2.45, 2.75) is 0 Å². The molecule has 1 aliphatic heterocycles. The van der Waals surface area contributed by atoms with Gasteiger partial charge in [0.2, 0.25) is 0 Å². The van der Waals surface area contributed by atoms with Gasteiger partial charge in [-0.2, -0.15) is 11.8 Å². The Balaban J connectivity index is 2.08. The molecule has 0 aromatic heterocycles. The molecule has 1 fully saturated rings. The Labute approximate surface area is 63.6 Å². The fourth-order valence-electron chi connectivity index (χ4n) is 0.891. The van der Waals surface area contributed by atoms with E-state index in [1.54, 1.807) is 0 Å². The van der Waals surface area contributed by atoms with E-state index in [2.05, 4.69) is 0 Å². The van der Waals surface area contributed by atoms with Crippen molar-refractivity contribution in [1.29, 1.82) is 0 Å². The lowest BCUT2D eigenvalue weighted by molar-refractivity contribution is 0.322. The molecule has 0 bridgehead atoms. The molecule has 1 aliphatic rings. The first-order valence-electron chi connectivity index (χ1n) is 3.26. The van der Waals surface area contributed by atoms with Crippen LogP contribution in [-0.2, 0) is 10.9 Å². The Kier molecular flexibility index (Phi) is 3.86. The number of thioether (sulfide) groups is 1. The van der Waals surface area contributed by atoms with Crippen molar-refractivity contribution in [3.8, 4) is 0 Å². The lowest BCUT2D eigenvalue weighted by Gasteiger charge is -2.11. The lowest BCUT2D eigenvalue weighted by atomic mass is 10.9. The quantitative estimate of drug-likeness (QED) is 0.596. The van der Waals surface area contributed by atoms with Crippen molar-refractivity contribution in [2.24, 2.45) is 0 Å². The van der Waals surface area contributed by atoms with Gasteiger partial charge in [-0.05, 0) is 10.9 Å². The molecule has 0 atom stereocenters. The van der Waals surface area contributed by atoms with Crippen molar-refractivity contribution >= 4 is 22.7 Å². The van der Waals surface area contributed by atoms with Crippen molar-refractivity contribution in [1.82, 2.24) is 0 Å². The van der Waals surface area contributed by atoms with E-state index in [-0.39, 0.29) is 0 Å². The molecule has 9 heavy (non-hydrogen) atoms. The predicted octanol–water partition coefficient (Wildman–Crippen LogP) is 0.344. The maximum absolute atomic E-state index is 8.62. The number of hydrogen-bond acceptors (Lipinski definition) is 2. The highest BCUT2D eigenvalue weighted by Crippen LogP contribution is 2.12. The van der Waals surface area contributed by atoms with Gasteiger partial charge >= 0.3 is 0 Å². The van der Waals surface area contributed by atoms with Crippen LogP contribution in [0.25, 0.3) is 0 Å². The molecule has 1 saturated heterocycles. The second-order valence-corrected chi connectivity index (χ2v) is 5.73. The molecular weight excluding hydrogens is 152 g/mol. The normalized spacial score (nSPS) is 22.3. The molecule has 0 aromatic carbocycles. The van der Waals surface area contributed by atoms with Gasteiger partial charge in [-0.15, -0.1) is 0 Å². The minimum Gasteiger partial charge on any atom is -0.391 e. The van der Waals surface area contributed by atoms with Gasteiger partial charge in [0.15, 0.2) is 0 Å². The Morgan fingerprint density at radius 1 is 1.33 bits per heavy atom. The molecule has 0 saturated carbocycles. The third-order valence-corrected chi connectivity index (χ3v) is 5.24. The average Bonchev–Trinajstić information content (AvgIpc) is 1.91. The molecule has 0 aliphatic carbocycles. The van der Waals surface area contributed by atoms with Crippen LogP contribution in [0, 0.1) is 0 Å². The van der Waals surface area contributed by atoms with Crippen LogP contribution in [0.15, 0.2) is 0 Å². The van der Waals surface area contributed by atoms with Gasteiger partial charge in [0, 0.05) is 11.5 Å². The minimum absolute atomic E-state index is 0.397. The molecule has 0 aromatic rings. The van der Waals surface area contributed by atoms with Crippen molar-refractivity contribution in [3.63, 3.8) is 0 Å². The van der Waals surface area contributed by atoms with Gasteiger partial charge < -0.3 is 5.11 Å². The highest BCUT2D eigenvalue weighted by atomic mass is 32.2. The third kappa shape index (κ3) is 2.83. The average molecular weight is 165 g/mol. The smallest absolute Gasteiger partial charge is 0.131 e. The maximum atomic E-state index is 8.62. The van der Waals surface area contributed by atoms with Crippen LogP contribution < -0.4 is 0 Å². The van der Waals surface area contributed by atoms with Crippen LogP contribution in [0.1, 0.15) is 0 Å². The Bertz CT molecular complexity index is 68.7. The van der Waals surface area contributed by atoms with E-state index in [4.69, 9.17) is 5.11 Å². The highest BCUT2D eigenvalue weighted by molar-refractivity contribution is 8.05. The van der Waals surface area contributed by atoms with E-state index in [0.717, 1.165) is 5.75 Å². The predicted molar refractivity (Wildman–Crippen MR) is 46.4 cm³/mol. The summed E-state index contributed by atoms with van der Waals surface area (Å²) in [6.45, 7) is 0.397. The van der Waals surface area contributed by atoms with E-state index < -0.39 is 0 Å². The van der Waals surface area contributed by atoms with Gasteiger partial charge in [-0.1, -0.05) is 0 Å². The zero-order chi connectivity index (χ0) is 6.53. The summed E-state index contributed by atoms with van der Waals surface area (Å²) in [5, 5.41) is 8.62. The molecule has 1 nitrogen and oxygen atoms in total. The fourth-order valence-corrected chi connectivity index (χ4v) is 4.79. The van der Waals surface area contributed by atoms with E-state index in [1.807, 2.05) is 11.8 Å². The summed E-state index contributed by atoms with van der Waals surface area (Å²) in [6.07, 6.45) is 0. The first-order valence-corrected chi connectivity index (χ1v) is 6.15. The summed E-state index contributed by atoms with van der Waals surface area (Å²) < 4.78 is 0. The Hall–Kier alpha value is 0.660. The van der Waals surface area contributed by atoms with Crippen LogP contribution in [-0.4, -0.2) is 40.5 Å². The SMILES string of the molecule is OCC[S+]1CCSCC1. The van der Waals surface area contributed by atoms with Crippen molar-refractivity contribution in [2.75, 3.05) is 35.4 Å². The molecule has 1 rings (SSSR count). The second-order valence-electron chi connectivity index (χ2n) is 2.06. The number of aliphatic hydroxyl groups is 1. The first kappa shape index (κ1) is 7.76. The maximum Gasteiger partial charge on any atom is 0.131 e. The largest absolute Gasteiger partial charge is 0.391 e. The number of rotatable bonds is 2. The standard InChI is InChI=1S/C6H13OS2/c7-1-4-9-5-2-8-3-6-9/h7H,1-6H2/q+1. The summed E-state index contributed by atoms with van der Waals surface area (Å²) in [4.78, 5) is 0. The molecular formula is C6H13OS2+. The molecule has 0 radical (unpaired) electrons. The molecule has 3 heteroatoms. The van der Waals surface area contributed by atoms with E-state index in [0.29, 0.717) is 17.5 Å². The van der Waals surface area contributed by atoms with Crippen molar-refractivity contribution < 1.29 is 5.11 Å². The van der Waals surface area contributed by atoms with Gasteiger partial charge in [-0.3, -0.25) is 0 Å². The highest BCUT2D eigenvalue weighted by Gasteiger charge is 2.20. The van der Waals surface area contributed by atoms with Crippen LogP contribution in [0.5, 0.6) is 0 Å². The first-order chi connectivity index (χ1) is 4.43. The zero-order valence-corrected chi connectivity index (χ0v) is 7.14. The Morgan fingerprint density at radius 3 is 2.56 bits per heavy atom. The summed E-state index contributed by atoms with van der Waals surface area (Å²) in [6, 6.07) is 0. The summed E-state index contributed by atoms with van der Waals surface area (Å²) in [7, 11) is 0.584. The van der Waals surface area contributed by atoms with Gasteiger partial charge in [0.25, 0.3) is 0 Å². The van der Waals surface area contributed by atoms with Crippen LogP contribution in [0.4, 0.5) is 0 Å². The monoisotopic (exact) mass is 165 g/mol. The molecule has 0 amide bonds. The van der Waals surface area contributed by atoms with Gasteiger partial charge in [-0.25, -0.2) is 0 Å². The van der Waals surface area contributed by atoms with E-state index in [9.17, 15) is 0 Å². The van der Waals surface area contributed by atoms with Crippen molar-refractivity contribution in [3.05, 3.63) is 0 Å². The molecule has 0 unspecified atom stereocenters. The summed E-state index contributed by atoms with van der Waals surface area (Å²) in [5.74, 6) is 6.41. The lowest BCUT2D eigenvalue weighted by Crippen LogP contribution is -2.25. The van der Waals surface area contributed by atoms with Gasteiger partial charge in [0.05, 0.1) is 6.61 Å². The summed E-state index contributed by atoms with van der Waals surface area (Å²) >= 11 is 2.05.